The van der Waals surface area contributed by atoms with Gasteiger partial charge in [-0.1, -0.05) is 0 Å². The van der Waals surface area contributed by atoms with E-state index >= 15 is 0 Å². The van der Waals surface area contributed by atoms with Crippen LogP contribution in [0.2, 0.25) is 0 Å². The Morgan fingerprint density at radius 2 is 2.00 bits per heavy atom. The van der Waals surface area contributed by atoms with E-state index in [9.17, 15) is 14.7 Å². The molecule has 8 nitrogen and oxygen atoms in total. The van der Waals surface area contributed by atoms with E-state index in [1.54, 1.807) is 34.0 Å². The Balaban J connectivity index is 1.80. The van der Waals surface area contributed by atoms with Crippen molar-refractivity contribution in [1.82, 2.24) is 24.2 Å². The van der Waals surface area contributed by atoms with Gasteiger partial charge >= 0.3 is 0 Å². The minimum atomic E-state index is -0.759. The number of hydrogen-bond donors (Lipinski definition) is 1. The lowest BCUT2D eigenvalue weighted by atomic mass is 10.3. The molecule has 0 aliphatic carbocycles. The average Bonchev–Trinajstić information content (AvgIpc) is 2.82. The highest BCUT2D eigenvalue weighted by Crippen LogP contribution is 2.10. The van der Waals surface area contributed by atoms with Crippen LogP contribution in [0.5, 0.6) is 0 Å². The van der Waals surface area contributed by atoms with Crippen molar-refractivity contribution in [3.8, 4) is 0 Å². The van der Waals surface area contributed by atoms with Crippen LogP contribution in [0.3, 0.4) is 0 Å². The Hall–Kier alpha value is -2.48. The van der Waals surface area contributed by atoms with E-state index in [4.69, 9.17) is 0 Å². The number of amides is 2. The molecule has 0 saturated carbocycles. The Kier molecular flexibility index (Phi) is 3.76. The Morgan fingerprint density at radius 3 is 2.73 bits per heavy atom. The van der Waals surface area contributed by atoms with E-state index in [1.165, 1.54) is 11.8 Å². The van der Waals surface area contributed by atoms with E-state index in [2.05, 4.69) is 9.97 Å². The second-order valence-corrected chi connectivity index (χ2v) is 5.32. The first-order valence-corrected chi connectivity index (χ1v) is 7.07. The van der Waals surface area contributed by atoms with Crippen molar-refractivity contribution in [2.24, 2.45) is 0 Å². The Labute approximate surface area is 127 Å². The van der Waals surface area contributed by atoms with Gasteiger partial charge in [-0.15, -0.1) is 0 Å². The third kappa shape index (κ3) is 2.77. The van der Waals surface area contributed by atoms with E-state index in [1.807, 2.05) is 0 Å². The number of hydrogen-bond acceptors (Lipinski definition) is 5. The van der Waals surface area contributed by atoms with Crippen LogP contribution in [0.15, 0.2) is 24.7 Å². The van der Waals surface area contributed by atoms with Crippen molar-refractivity contribution in [2.45, 2.75) is 13.0 Å². The largest absolute Gasteiger partial charge is 0.389 e. The first-order chi connectivity index (χ1) is 10.5. The van der Waals surface area contributed by atoms with E-state index in [-0.39, 0.29) is 30.6 Å². The van der Waals surface area contributed by atoms with Crippen LogP contribution in [0.1, 0.15) is 17.4 Å². The molecule has 2 amide bonds. The van der Waals surface area contributed by atoms with Crippen molar-refractivity contribution < 1.29 is 14.7 Å². The lowest BCUT2D eigenvalue weighted by molar-refractivity contribution is -0.129. The number of aliphatic hydroxyl groups excluding tert-OH is 1. The fourth-order valence-electron chi connectivity index (χ4n) is 2.56. The van der Waals surface area contributed by atoms with Crippen LogP contribution in [0.25, 0.3) is 5.78 Å². The van der Waals surface area contributed by atoms with Gasteiger partial charge in [0.15, 0.2) is 0 Å². The predicted molar refractivity (Wildman–Crippen MR) is 77.2 cm³/mol. The summed E-state index contributed by atoms with van der Waals surface area (Å²) < 4.78 is 1.67. The lowest BCUT2D eigenvalue weighted by Crippen LogP contribution is -2.37. The number of carbonyl (C=O) groups is 2. The number of aromatic nitrogens is 3. The van der Waals surface area contributed by atoms with Crippen LogP contribution >= 0.6 is 0 Å². The molecule has 22 heavy (non-hydrogen) atoms. The molecule has 0 radical (unpaired) electrons. The van der Waals surface area contributed by atoms with Gasteiger partial charge in [-0.25, -0.2) is 9.97 Å². The zero-order chi connectivity index (χ0) is 15.7. The number of rotatable bonds is 1. The van der Waals surface area contributed by atoms with Crippen LogP contribution in [-0.2, 0) is 4.79 Å². The molecule has 1 atom stereocenters. The first-order valence-electron chi connectivity index (χ1n) is 7.07. The summed E-state index contributed by atoms with van der Waals surface area (Å²) in [6, 6.07) is 1.75. The fourth-order valence-corrected chi connectivity index (χ4v) is 2.56. The van der Waals surface area contributed by atoms with Gasteiger partial charge in [-0.2, -0.15) is 0 Å². The molecule has 2 aromatic heterocycles. The number of fused-ring (bicyclic) bond motifs is 1. The molecule has 1 N–H and O–H groups in total. The van der Waals surface area contributed by atoms with Crippen molar-refractivity contribution in [3.63, 3.8) is 0 Å². The number of imidazole rings is 1. The molecule has 1 aliphatic rings. The SMILES string of the molecule is CC(=O)N1CCN(C(=O)c2cn3cccnc3n2)C[C@@H](O)C1. The highest BCUT2D eigenvalue weighted by molar-refractivity contribution is 5.92. The maximum atomic E-state index is 12.6. The predicted octanol–water partition coefficient (Wildman–Crippen LogP) is -0.606. The Bertz CT molecular complexity index is 680. The minimum absolute atomic E-state index is 0.106. The standard InChI is InChI=1S/C14H17N5O3/c1-10(20)17-5-6-18(8-11(21)7-17)13(22)12-9-19-4-2-3-15-14(19)16-12/h2-4,9,11,21H,5-8H2,1H3/t11-/m0/s1. The molecule has 1 aliphatic heterocycles. The second kappa shape index (κ2) is 5.72. The molecule has 2 aromatic rings. The summed E-state index contributed by atoms with van der Waals surface area (Å²) in [6.45, 7) is 2.66. The summed E-state index contributed by atoms with van der Waals surface area (Å²) >= 11 is 0. The van der Waals surface area contributed by atoms with Gasteiger partial charge in [0.25, 0.3) is 5.91 Å². The molecule has 116 valence electrons. The molecule has 0 unspecified atom stereocenters. The maximum Gasteiger partial charge on any atom is 0.274 e. The summed E-state index contributed by atoms with van der Waals surface area (Å²) in [5.41, 5.74) is 0.280. The molecule has 0 spiro atoms. The van der Waals surface area contributed by atoms with E-state index in [0.29, 0.717) is 18.9 Å². The topological polar surface area (TPSA) is 91.0 Å². The molecular weight excluding hydrogens is 286 g/mol. The molecule has 1 saturated heterocycles. The molecule has 8 heteroatoms. The van der Waals surface area contributed by atoms with Crippen molar-refractivity contribution in [3.05, 3.63) is 30.4 Å². The molecule has 0 aromatic carbocycles. The lowest BCUT2D eigenvalue weighted by Gasteiger charge is -2.20. The van der Waals surface area contributed by atoms with Crippen LogP contribution in [-0.4, -0.2) is 73.4 Å². The number of carbonyl (C=O) groups excluding carboxylic acids is 2. The molecule has 3 heterocycles. The van der Waals surface area contributed by atoms with E-state index in [0.717, 1.165) is 0 Å². The van der Waals surface area contributed by atoms with Crippen LogP contribution in [0, 0.1) is 0 Å². The van der Waals surface area contributed by atoms with Crippen molar-refractivity contribution in [1.29, 1.82) is 0 Å². The number of β-amino-alcohol motifs (C(OH)–C–C–N with tert-alkyl or cyclic N) is 1. The number of aliphatic hydroxyl groups is 1. The van der Waals surface area contributed by atoms with E-state index < -0.39 is 6.10 Å². The fraction of sp³-hybridized carbons (Fsp3) is 0.429. The van der Waals surface area contributed by atoms with Gasteiger partial charge in [0, 0.05) is 51.7 Å². The summed E-state index contributed by atoms with van der Waals surface area (Å²) in [5.74, 6) is 0.0758. The van der Waals surface area contributed by atoms with Gasteiger partial charge in [-0.3, -0.25) is 14.0 Å². The summed E-state index contributed by atoms with van der Waals surface area (Å²) in [6.07, 6.45) is 4.23. The van der Waals surface area contributed by atoms with Gasteiger partial charge < -0.3 is 14.9 Å². The van der Waals surface area contributed by atoms with Crippen LogP contribution < -0.4 is 0 Å². The second-order valence-electron chi connectivity index (χ2n) is 5.32. The quantitative estimate of drug-likeness (QED) is 0.759. The zero-order valence-electron chi connectivity index (χ0n) is 12.2. The van der Waals surface area contributed by atoms with Gasteiger partial charge in [0.05, 0.1) is 6.10 Å². The average molecular weight is 303 g/mol. The highest BCUT2D eigenvalue weighted by atomic mass is 16.3. The highest BCUT2D eigenvalue weighted by Gasteiger charge is 2.27. The maximum absolute atomic E-state index is 12.6. The number of nitrogens with zero attached hydrogens (tertiary/aromatic N) is 5. The molecule has 0 bridgehead atoms. The normalized spacial score (nSPS) is 19.3. The van der Waals surface area contributed by atoms with Crippen LogP contribution in [0.4, 0.5) is 0 Å². The zero-order valence-corrected chi connectivity index (χ0v) is 12.2. The van der Waals surface area contributed by atoms with Gasteiger partial charge in [0.2, 0.25) is 11.7 Å². The van der Waals surface area contributed by atoms with Crippen molar-refractivity contribution >= 4 is 17.6 Å². The molecule has 1 fully saturated rings. The monoisotopic (exact) mass is 303 g/mol. The first kappa shape index (κ1) is 14.5. The summed E-state index contributed by atoms with van der Waals surface area (Å²) in [4.78, 5) is 35.3. The Morgan fingerprint density at radius 1 is 1.27 bits per heavy atom. The molecule has 3 rings (SSSR count). The smallest absolute Gasteiger partial charge is 0.274 e. The molecular formula is C14H17N5O3. The third-order valence-corrected chi connectivity index (χ3v) is 3.69. The third-order valence-electron chi connectivity index (χ3n) is 3.69. The van der Waals surface area contributed by atoms with Crippen molar-refractivity contribution in [2.75, 3.05) is 26.2 Å². The van der Waals surface area contributed by atoms with Gasteiger partial charge in [-0.05, 0) is 6.07 Å². The summed E-state index contributed by atoms with van der Waals surface area (Å²) in [7, 11) is 0. The summed E-state index contributed by atoms with van der Waals surface area (Å²) in [5, 5.41) is 9.99. The van der Waals surface area contributed by atoms with Gasteiger partial charge in [0.1, 0.15) is 5.69 Å². The minimum Gasteiger partial charge on any atom is -0.389 e.